The number of nitrogens with one attached hydrogen (secondary N) is 1. The van der Waals surface area contributed by atoms with Gasteiger partial charge in [0.2, 0.25) is 0 Å². The third kappa shape index (κ3) is 6.51. The number of ether oxygens (including phenoxy) is 2. The van der Waals surface area contributed by atoms with Crippen molar-refractivity contribution in [3.8, 4) is 11.5 Å². The predicted octanol–water partition coefficient (Wildman–Crippen LogP) is 5.96. The summed E-state index contributed by atoms with van der Waals surface area (Å²) in [6, 6.07) is 5.50. The number of aryl methyl sites for hydroxylation is 2. The summed E-state index contributed by atoms with van der Waals surface area (Å²) in [5.74, 6) is 1.47. The Morgan fingerprint density at radius 1 is 1.08 bits per heavy atom. The van der Waals surface area contributed by atoms with Crippen LogP contribution in [0, 0.1) is 0 Å². The van der Waals surface area contributed by atoms with Crippen LogP contribution in [0.1, 0.15) is 56.5 Å². The third-order valence-electron chi connectivity index (χ3n) is 4.44. The number of H-pyrrole nitrogens is 1. The van der Waals surface area contributed by atoms with Gasteiger partial charge in [0.1, 0.15) is 11.5 Å². The van der Waals surface area contributed by atoms with E-state index in [1.54, 1.807) is 13.2 Å². The molecule has 0 radical (unpaired) electrons. The van der Waals surface area contributed by atoms with Crippen LogP contribution in [0.15, 0.2) is 18.2 Å². The van der Waals surface area contributed by atoms with Crippen LogP contribution in [0.5, 0.6) is 11.5 Å². The minimum absolute atomic E-state index is 0. The molecule has 0 saturated heterocycles. The maximum atomic E-state index is 6.17. The first-order valence-electron chi connectivity index (χ1n) is 9.20. The Kier molecular flexibility index (Phi) is 10.7. The van der Waals surface area contributed by atoms with Crippen LogP contribution in [0.25, 0.3) is 0 Å². The number of rotatable bonds is 11. The van der Waals surface area contributed by atoms with Gasteiger partial charge < -0.3 is 9.47 Å². The summed E-state index contributed by atoms with van der Waals surface area (Å²) in [5.41, 5.74) is 3.97. The fourth-order valence-electron chi connectivity index (χ4n) is 2.99. The lowest BCUT2D eigenvalue weighted by molar-refractivity contribution is 0.304. The van der Waals surface area contributed by atoms with Crippen molar-refractivity contribution in [1.82, 2.24) is 10.2 Å². The minimum atomic E-state index is 0. The summed E-state index contributed by atoms with van der Waals surface area (Å²) >= 11 is 6.17. The molecule has 0 fully saturated rings. The van der Waals surface area contributed by atoms with E-state index in [9.17, 15) is 0 Å². The molecular formula is C20H30BrClN2O2. The number of nitrogens with zero attached hydrogens (tertiary/aromatic N) is 1. The zero-order valence-electron chi connectivity index (χ0n) is 15.9. The molecule has 0 saturated carbocycles. The number of aromatic nitrogens is 2. The smallest absolute Gasteiger partial charge is 0.138 e. The molecule has 0 atom stereocenters. The Morgan fingerprint density at radius 2 is 1.85 bits per heavy atom. The molecule has 2 rings (SSSR count). The van der Waals surface area contributed by atoms with Gasteiger partial charge in [-0.2, -0.15) is 5.10 Å². The number of methoxy groups -OCH3 is 1. The number of hydrogen-bond donors (Lipinski definition) is 1. The van der Waals surface area contributed by atoms with Crippen LogP contribution in [-0.2, 0) is 19.3 Å². The molecule has 1 aromatic carbocycles. The van der Waals surface area contributed by atoms with Crippen LogP contribution in [-0.4, -0.2) is 23.9 Å². The number of hydrogen-bond acceptors (Lipinski definition) is 3. The summed E-state index contributed by atoms with van der Waals surface area (Å²) in [5, 5.41) is 8.19. The molecule has 1 N–H and O–H groups in total. The standard InChI is InChI=1S/C20H29ClN2O2.BrH/c1-4-18-16(19(5-2)23-22-18)10-8-6-7-9-13-25-20-12-11-15(24-3)14-17(20)21;/h11-12,14H,4-10,13H2,1-3H3,(H,22,23);1H. The first kappa shape index (κ1) is 22.8. The summed E-state index contributed by atoms with van der Waals surface area (Å²) in [4.78, 5) is 0. The highest BCUT2D eigenvalue weighted by Crippen LogP contribution is 2.28. The average molecular weight is 446 g/mol. The predicted molar refractivity (Wildman–Crippen MR) is 113 cm³/mol. The molecule has 4 nitrogen and oxygen atoms in total. The molecule has 0 amide bonds. The fraction of sp³-hybridized carbons (Fsp3) is 0.550. The monoisotopic (exact) mass is 444 g/mol. The van der Waals surface area contributed by atoms with Gasteiger partial charge in [0.05, 0.1) is 24.4 Å². The van der Waals surface area contributed by atoms with Crippen molar-refractivity contribution in [3.63, 3.8) is 0 Å². The Hall–Kier alpha value is -1.20. The maximum absolute atomic E-state index is 6.17. The molecule has 6 heteroatoms. The molecule has 1 aromatic heterocycles. The molecule has 0 aliphatic carbocycles. The highest BCUT2D eigenvalue weighted by Gasteiger charge is 2.09. The van der Waals surface area contributed by atoms with Gasteiger partial charge in [-0.15, -0.1) is 17.0 Å². The van der Waals surface area contributed by atoms with Gasteiger partial charge in [0, 0.05) is 11.8 Å². The number of aromatic amines is 1. The van der Waals surface area contributed by atoms with Crippen LogP contribution in [0.4, 0.5) is 0 Å². The van der Waals surface area contributed by atoms with E-state index in [1.807, 2.05) is 12.1 Å². The summed E-state index contributed by atoms with van der Waals surface area (Å²) in [6.07, 6.45) is 7.75. The van der Waals surface area contributed by atoms with Crippen molar-refractivity contribution in [1.29, 1.82) is 0 Å². The molecule has 0 aliphatic heterocycles. The first-order valence-corrected chi connectivity index (χ1v) is 9.58. The van der Waals surface area contributed by atoms with Gasteiger partial charge in [-0.05, 0) is 49.8 Å². The quantitative estimate of drug-likeness (QED) is 0.434. The van der Waals surface area contributed by atoms with E-state index in [0.717, 1.165) is 43.6 Å². The Balaban J connectivity index is 0.00000338. The van der Waals surface area contributed by atoms with E-state index >= 15 is 0 Å². The van der Waals surface area contributed by atoms with Crippen molar-refractivity contribution >= 4 is 28.6 Å². The number of halogens is 2. The van der Waals surface area contributed by atoms with Crippen molar-refractivity contribution < 1.29 is 9.47 Å². The van der Waals surface area contributed by atoms with Crippen molar-refractivity contribution in [3.05, 3.63) is 40.2 Å². The van der Waals surface area contributed by atoms with E-state index in [4.69, 9.17) is 21.1 Å². The zero-order chi connectivity index (χ0) is 18.1. The number of unbranched alkanes of at least 4 members (excludes halogenated alkanes) is 3. The molecule has 0 aliphatic rings. The SMILES string of the molecule is Br.CCc1n[nH]c(CC)c1CCCCCCOc1ccc(OC)cc1Cl. The molecule has 0 bridgehead atoms. The van der Waals surface area contributed by atoms with Crippen LogP contribution in [0.2, 0.25) is 5.02 Å². The molecule has 26 heavy (non-hydrogen) atoms. The maximum Gasteiger partial charge on any atom is 0.138 e. The Labute approximate surface area is 172 Å². The molecule has 2 aromatic rings. The second kappa shape index (κ2) is 12.2. The molecule has 146 valence electrons. The van der Waals surface area contributed by atoms with E-state index in [2.05, 4.69) is 24.0 Å². The second-order valence-corrected chi connectivity index (χ2v) is 6.55. The first-order chi connectivity index (χ1) is 12.2. The molecule has 1 heterocycles. The van der Waals surface area contributed by atoms with E-state index < -0.39 is 0 Å². The van der Waals surface area contributed by atoms with E-state index in [1.165, 1.54) is 29.8 Å². The van der Waals surface area contributed by atoms with Crippen molar-refractivity contribution in [2.24, 2.45) is 0 Å². The molecule has 0 spiro atoms. The van der Waals surface area contributed by atoms with Crippen LogP contribution >= 0.6 is 28.6 Å². The van der Waals surface area contributed by atoms with Crippen LogP contribution < -0.4 is 9.47 Å². The van der Waals surface area contributed by atoms with Gasteiger partial charge in [0.25, 0.3) is 0 Å². The average Bonchev–Trinajstić information content (AvgIpc) is 3.03. The van der Waals surface area contributed by atoms with Crippen LogP contribution in [0.3, 0.4) is 0 Å². The van der Waals surface area contributed by atoms with E-state index in [0.29, 0.717) is 11.6 Å². The highest BCUT2D eigenvalue weighted by molar-refractivity contribution is 8.93. The normalized spacial score (nSPS) is 10.5. The van der Waals surface area contributed by atoms with E-state index in [-0.39, 0.29) is 17.0 Å². The van der Waals surface area contributed by atoms with Gasteiger partial charge in [-0.1, -0.05) is 38.3 Å². The minimum Gasteiger partial charge on any atom is -0.497 e. The van der Waals surface area contributed by atoms with Gasteiger partial charge in [0.15, 0.2) is 0 Å². The molecule has 0 unspecified atom stereocenters. The number of benzene rings is 1. The largest absolute Gasteiger partial charge is 0.497 e. The summed E-state index contributed by atoms with van der Waals surface area (Å²) < 4.78 is 10.9. The van der Waals surface area contributed by atoms with Crippen molar-refractivity contribution in [2.75, 3.05) is 13.7 Å². The fourth-order valence-corrected chi connectivity index (χ4v) is 3.21. The second-order valence-electron chi connectivity index (χ2n) is 6.14. The Bertz CT molecular complexity index is 640. The van der Waals surface area contributed by atoms with Gasteiger partial charge in [-0.3, -0.25) is 5.10 Å². The van der Waals surface area contributed by atoms with Crippen molar-refractivity contribution in [2.45, 2.75) is 58.8 Å². The lowest BCUT2D eigenvalue weighted by atomic mass is 10.0. The van der Waals surface area contributed by atoms with Gasteiger partial charge in [-0.25, -0.2) is 0 Å². The summed E-state index contributed by atoms with van der Waals surface area (Å²) in [7, 11) is 1.63. The highest BCUT2D eigenvalue weighted by atomic mass is 79.9. The Morgan fingerprint density at radius 3 is 2.50 bits per heavy atom. The lowest BCUT2D eigenvalue weighted by Crippen LogP contribution is -1.99. The zero-order valence-corrected chi connectivity index (χ0v) is 18.4. The molecular weight excluding hydrogens is 416 g/mol. The van der Waals surface area contributed by atoms with Gasteiger partial charge >= 0.3 is 0 Å². The summed E-state index contributed by atoms with van der Waals surface area (Å²) in [6.45, 7) is 5.04. The lowest BCUT2D eigenvalue weighted by Gasteiger charge is -2.09. The third-order valence-corrected chi connectivity index (χ3v) is 4.74. The topological polar surface area (TPSA) is 47.1 Å².